The summed E-state index contributed by atoms with van der Waals surface area (Å²) < 4.78 is 1.57. The molecule has 1 amide bonds. The van der Waals surface area contributed by atoms with Crippen LogP contribution in [0.2, 0.25) is 0 Å². The summed E-state index contributed by atoms with van der Waals surface area (Å²) in [6.07, 6.45) is 1.66. The first-order chi connectivity index (χ1) is 12.6. The Kier molecular flexibility index (Phi) is 5.90. The maximum Gasteiger partial charge on any atom is 0.263 e. The van der Waals surface area contributed by atoms with Crippen molar-refractivity contribution >= 4 is 39.2 Å². The number of rotatable bonds is 7. The topological polar surface area (TPSA) is 55.2 Å². The molecule has 0 radical (unpaired) electrons. The molecule has 0 saturated carbocycles. The monoisotopic (exact) mass is 385 g/mol. The first-order valence-corrected chi connectivity index (χ1v) is 9.96. The number of nitrogens with zero attached hydrogens (tertiary/aromatic N) is 3. The van der Waals surface area contributed by atoms with Crippen LogP contribution in [0.4, 0.5) is 0 Å². The molecule has 0 saturated heterocycles. The highest BCUT2D eigenvalue weighted by Gasteiger charge is 2.15. The number of benzene rings is 1. The molecule has 2 aromatic heterocycles. The van der Waals surface area contributed by atoms with Crippen LogP contribution in [0, 0.1) is 0 Å². The van der Waals surface area contributed by atoms with Crippen molar-refractivity contribution in [2.45, 2.75) is 18.2 Å². The molecule has 0 spiro atoms. The van der Waals surface area contributed by atoms with E-state index in [0.717, 1.165) is 5.56 Å². The number of carbonyl (C=O) groups excluding carboxylic acids is 1. The second kappa shape index (κ2) is 8.33. The van der Waals surface area contributed by atoms with Gasteiger partial charge in [-0.25, -0.2) is 4.98 Å². The van der Waals surface area contributed by atoms with Crippen LogP contribution < -0.4 is 5.56 Å². The summed E-state index contributed by atoms with van der Waals surface area (Å²) in [4.78, 5) is 32.0. The highest BCUT2D eigenvalue weighted by molar-refractivity contribution is 7.99. The Morgan fingerprint density at radius 1 is 1.35 bits per heavy atom. The average Bonchev–Trinajstić information content (AvgIpc) is 3.12. The smallest absolute Gasteiger partial charge is 0.263 e. The summed E-state index contributed by atoms with van der Waals surface area (Å²) >= 11 is 2.71. The van der Waals surface area contributed by atoms with Crippen LogP contribution in [0.3, 0.4) is 0 Å². The predicted molar refractivity (Wildman–Crippen MR) is 108 cm³/mol. The van der Waals surface area contributed by atoms with E-state index in [9.17, 15) is 9.59 Å². The summed E-state index contributed by atoms with van der Waals surface area (Å²) in [5.41, 5.74) is 0.985. The van der Waals surface area contributed by atoms with Gasteiger partial charge in [0, 0.05) is 20.1 Å². The molecule has 3 rings (SSSR count). The summed E-state index contributed by atoms with van der Waals surface area (Å²) in [5.74, 6) is 0.216. The molecule has 1 aromatic carbocycles. The van der Waals surface area contributed by atoms with Gasteiger partial charge < -0.3 is 4.90 Å². The highest BCUT2D eigenvalue weighted by Crippen LogP contribution is 2.21. The lowest BCUT2D eigenvalue weighted by atomic mass is 10.2. The first kappa shape index (κ1) is 18.4. The van der Waals surface area contributed by atoms with Crippen molar-refractivity contribution in [2.24, 2.45) is 0 Å². The molecule has 5 nitrogen and oxygen atoms in total. The minimum Gasteiger partial charge on any atom is -0.341 e. The van der Waals surface area contributed by atoms with E-state index in [1.54, 1.807) is 28.7 Å². The van der Waals surface area contributed by atoms with E-state index in [-0.39, 0.29) is 17.2 Å². The fraction of sp³-hybridized carbons (Fsp3) is 0.211. The van der Waals surface area contributed by atoms with Gasteiger partial charge in [-0.3, -0.25) is 14.2 Å². The van der Waals surface area contributed by atoms with Crippen LogP contribution in [0.5, 0.6) is 0 Å². The molecule has 3 aromatic rings. The molecule has 0 unspecified atom stereocenters. The van der Waals surface area contributed by atoms with Crippen LogP contribution in [0.15, 0.2) is 64.4 Å². The van der Waals surface area contributed by atoms with Gasteiger partial charge in [0.05, 0.1) is 11.1 Å². The third-order valence-corrected chi connectivity index (χ3v) is 5.64. The molecule has 7 heteroatoms. The third-order valence-electron chi connectivity index (χ3n) is 3.87. The van der Waals surface area contributed by atoms with Gasteiger partial charge in [0.2, 0.25) is 5.91 Å². The summed E-state index contributed by atoms with van der Waals surface area (Å²) in [6.45, 7) is 4.63. The summed E-state index contributed by atoms with van der Waals surface area (Å²) in [7, 11) is 1.78. The van der Waals surface area contributed by atoms with Crippen molar-refractivity contribution < 1.29 is 4.79 Å². The quantitative estimate of drug-likeness (QED) is 0.355. The van der Waals surface area contributed by atoms with Gasteiger partial charge in [0.1, 0.15) is 4.83 Å². The maximum absolute atomic E-state index is 12.6. The van der Waals surface area contributed by atoms with Crippen LogP contribution >= 0.6 is 23.1 Å². The average molecular weight is 386 g/mol. The Morgan fingerprint density at radius 2 is 2.12 bits per heavy atom. The number of hydrogen-bond acceptors (Lipinski definition) is 5. The van der Waals surface area contributed by atoms with Crippen molar-refractivity contribution in [1.82, 2.24) is 14.5 Å². The molecular weight excluding hydrogens is 366 g/mol. The summed E-state index contributed by atoms with van der Waals surface area (Å²) in [5, 5.41) is 3.00. The van der Waals surface area contributed by atoms with Gasteiger partial charge in [0.15, 0.2) is 5.16 Å². The van der Waals surface area contributed by atoms with E-state index < -0.39 is 0 Å². The largest absolute Gasteiger partial charge is 0.341 e. The summed E-state index contributed by atoms with van der Waals surface area (Å²) in [6, 6.07) is 11.6. The van der Waals surface area contributed by atoms with Gasteiger partial charge in [-0.05, 0) is 17.0 Å². The number of hydrogen-bond donors (Lipinski definition) is 0. The molecular formula is C19H19N3O2S2. The lowest BCUT2D eigenvalue weighted by Gasteiger charge is -2.17. The van der Waals surface area contributed by atoms with Crippen LogP contribution in [0.1, 0.15) is 5.56 Å². The molecule has 0 aliphatic rings. The van der Waals surface area contributed by atoms with Crippen LogP contribution in [-0.2, 0) is 17.9 Å². The first-order valence-electron chi connectivity index (χ1n) is 8.09. The SMILES string of the molecule is C=CCn1c(SCC(=O)N(C)Cc2ccccc2)nc2sccc2c1=O. The number of fused-ring (bicyclic) bond motifs is 1. The van der Waals surface area contributed by atoms with Crippen molar-refractivity contribution in [2.75, 3.05) is 12.8 Å². The number of amides is 1. The minimum absolute atomic E-state index is 0.00969. The van der Waals surface area contributed by atoms with Crippen LogP contribution in [-0.4, -0.2) is 33.2 Å². The fourth-order valence-electron chi connectivity index (χ4n) is 2.51. The van der Waals surface area contributed by atoms with Gasteiger partial charge in [-0.1, -0.05) is 48.2 Å². The zero-order valence-corrected chi connectivity index (χ0v) is 16.1. The number of aromatic nitrogens is 2. The Labute approximate surface area is 160 Å². The van der Waals surface area contributed by atoms with E-state index in [2.05, 4.69) is 11.6 Å². The lowest BCUT2D eigenvalue weighted by Crippen LogP contribution is -2.28. The van der Waals surface area contributed by atoms with Crippen LogP contribution in [0.25, 0.3) is 10.2 Å². The van der Waals surface area contributed by atoms with Crippen molar-refractivity contribution in [3.63, 3.8) is 0 Å². The molecule has 2 heterocycles. The Balaban J connectivity index is 1.74. The van der Waals surface area contributed by atoms with Crippen molar-refractivity contribution in [3.05, 3.63) is 70.4 Å². The Hall–Kier alpha value is -2.38. The number of allylic oxidation sites excluding steroid dienone is 1. The molecule has 0 N–H and O–H groups in total. The van der Waals surface area contributed by atoms with E-state index in [4.69, 9.17) is 0 Å². The number of thioether (sulfide) groups is 1. The minimum atomic E-state index is -0.0938. The second-order valence-corrected chi connectivity index (χ2v) is 7.60. The zero-order valence-electron chi connectivity index (χ0n) is 14.4. The number of carbonyl (C=O) groups is 1. The van der Waals surface area contributed by atoms with Crippen molar-refractivity contribution in [1.29, 1.82) is 0 Å². The lowest BCUT2D eigenvalue weighted by molar-refractivity contribution is -0.127. The van der Waals surface area contributed by atoms with Gasteiger partial charge in [-0.15, -0.1) is 17.9 Å². The molecule has 0 atom stereocenters. The molecule has 26 heavy (non-hydrogen) atoms. The third kappa shape index (κ3) is 4.05. The van der Waals surface area contributed by atoms with Gasteiger partial charge in [0.25, 0.3) is 5.56 Å². The Morgan fingerprint density at radius 3 is 2.85 bits per heavy atom. The standard InChI is InChI=1S/C19H19N3O2S2/c1-3-10-22-18(24)15-9-11-25-17(15)20-19(22)26-13-16(23)21(2)12-14-7-5-4-6-8-14/h3-9,11H,1,10,12-13H2,2H3. The second-order valence-electron chi connectivity index (χ2n) is 5.76. The molecule has 0 aliphatic carbocycles. The molecule has 134 valence electrons. The maximum atomic E-state index is 12.6. The normalized spacial score (nSPS) is 10.8. The van der Waals surface area contributed by atoms with E-state index in [1.807, 2.05) is 35.7 Å². The Bertz CT molecular complexity index is 979. The highest BCUT2D eigenvalue weighted by atomic mass is 32.2. The number of thiophene rings is 1. The van der Waals surface area contributed by atoms with Gasteiger partial charge >= 0.3 is 0 Å². The zero-order chi connectivity index (χ0) is 18.5. The van der Waals surface area contributed by atoms with Gasteiger partial charge in [-0.2, -0.15) is 0 Å². The van der Waals surface area contributed by atoms with E-state index >= 15 is 0 Å². The molecule has 0 aliphatic heterocycles. The molecule has 0 bridgehead atoms. The van der Waals surface area contributed by atoms with Crippen molar-refractivity contribution in [3.8, 4) is 0 Å². The van der Waals surface area contributed by atoms with E-state index in [1.165, 1.54) is 23.1 Å². The molecule has 0 fully saturated rings. The predicted octanol–water partition coefficient (Wildman–Crippen LogP) is 3.39. The van der Waals surface area contributed by atoms with E-state index in [0.29, 0.717) is 28.5 Å². The fourth-order valence-corrected chi connectivity index (χ4v) is 4.27.